The maximum absolute atomic E-state index is 12.7. The van der Waals surface area contributed by atoms with Crippen LogP contribution in [-0.4, -0.2) is 44.7 Å². The van der Waals surface area contributed by atoms with Crippen molar-refractivity contribution in [3.63, 3.8) is 0 Å². The van der Waals surface area contributed by atoms with Crippen LogP contribution in [0.15, 0.2) is 36.5 Å². The Morgan fingerprint density at radius 1 is 1.29 bits per heavy atom. The summed E-state index contributed by atoms with van der Waals surface area (Å²) < 4.78 is 31.7. The lowest BCUT2D eigenvalue weighted by Gasteiger charge is -2.25. The van der Waals surface area contributed by atoms with Gasteiger partial charge in [0, 0.05) is 23.8 Å². The monoisotopic (exact) mass is 457 g/mol. The predicted octanol–water partition coefficient (Wildman–Crippen LogP) is 3.69. The van der Waals surface area contributed by atoms with E-state index in [0.717, 1.165) is 5.56 Å². The SMILES string of the molecule is CC(C)CN(Nc1ccnc(C#N)n1)C(=O)Cc1ccccc1Cl.O=C(O)C(F)(F)F. The molecular formula is C19H19ClF3N5O3. The van der Waals surface area contributed by atoms with E-state index in [9.17, 15) is 18.0 Å². The average molecular weight is 458 g/mol. The van der Waals surface area contributed by atoms with Crippen LogP contribution in [0.2, 0.25) is 5.02 Å². The number of aromatic nitrogens is 2. The fourth-order valence-electron chi connectivity index (χ4n) is 2.09. The highest BCUT2D eigenvalue weighted by molar-refractivity contribution is 6.31. The third-order valence-electron chi connectivity index (χ3n) is 3.40. The van der Waals surface area contributed by atoms with E-state index in [1.807, 2.05) is 38.1 Å². The number of carbonyl (C=O) groups excluding carboxylic acids is 1. The number of nitrogens with zero attached hydrogens (tertiary/aromatic N) is 4. The topological polar surface area (TPSA) is 119 Å². The molecule has 0 aliphatic heterocycles. The molecule has 0 bridgehead atoms. The Balaban J connectivity index is 0.000000592. The van der Waals surface area contributed by atoms with E-state index in [4.69, 9.17) is 26.8 Å². The van der Waals surface area contributed by atoms with Gasteiger partial charge >= 0.3 is 12.1 Å². The lowest BCUT2D eigenvalue weighted by Crippen LogP contribution is -2.40. The largest absolute Gasteiger partial charge is 0.490 e. The molecule has 0 fully saturated rings. The quantitative estimate of drug-likeness (QED) is 0.635. The Hall–Kier alpha value is -3.39. The van der Waals surface area contributed by atoms with Crippen molar-refractivity contribution in [3.8, 4) is 6.07 Å². The Morgan fingerprint density at radius 2 is 1.90 bits per heavy atom. The molecule has 8 nitrogen and oxygen atoms in total. The Kier molecular flexibility index (Phi) is 9.69. The number of alkyl halides is 3. The van der Waals surface area contributed by atoms with Gasteiger partial charge < -0.3 is 5.11 Å². The van der Waals surface area contributed by atoms with Crippen LogP contribution in [0.25, 0.3) is 0 Å². The van der Waals surface area contributed by atoms with E-state index < -0.39 is 12.1 Å². The molecular weight excluding hydrogens is 439 g/mol. The number of hydrazine groups is 1. The molecule has 2 rings (SSSR count). The van der Waals surface area contributed by atoms with Crippen LogP contribution in [0.5, 0.6) is 0 Å². The Morgan fingerprint density at radius 3 is 2.42 bits per heavy atom. The zero-order valence-corrected chi connectivity index (χ0v) is 17.3. The van der Waals surface area contributed by atoms with Gasteiger partial charge in [-0.1, -0.05) is 43.6 Å². The maximum atomic E-state index is 12.7. The number of rotatable bonds is 6. The number of hydrogen-bond acceptors (Lipinski definition) is 6. The van der Waals surface area contributed by atoms with Crippen molar-refractivity contribution in [1.29, 1.82) is 5.26 Å². The van der Waals surface area contributed by atoms with Crippen LogP contribution in [0.4, 0.5) is 19.0 Å². The van der Waals surface area contributed by atoms with Gasteiger partial charge in [-0.25, -0.2) is 14.8 Å². The van der Waals surface area contributed by atoms with Crippen molar-refractivity contribution >= 4 is 29.3 Å². The lowest BCUT2D eigenvalue weighted by molar-refractivity contribution is -0.192. The molecule has 0 aliphatic rings. The Bertz CT molecular complexity index is 948. The number of benzene rings is 1. The fourth-order valence-corrected chi connectivity index (χ4v) is 2.29. The summed E-state index contributed by atoms with van der Waals surface area (Å²) in [7, 11) is 0. The predicted molar refractivity (Wildman–Crippen MR) is 106 cm³/mol. The van der Waals surface area contributed by atoms with Crippen LogP contribution in [0.3, 0.4) is 0 Å². The molecule has 0 radical (unpaired) electrons. The summed E-state index contributed by atoms with van der Waals surface area (Å²) in [6, 6.07) is 10.7. The zero-order chi connectivity index (χ0) is 23.6. The fraction of sp³-hybridized carbons (Fsp3) is 0.316. The number of nitriles is 1. The summed E-state index contributed by atoms with van der Waals surface area (Å²) in [5.41, 5.74) is 3.73. The standard InChI is InChI=1S/C17H18ClN5O.C2HF3O2/c1-12(2)11-23(22-15-7-8-20-16(10-19)21-15)17(24)9-13-5-3-4-6-14(13)18;3-2(4,5)1(6)7/h3-8,12H,9,11H2,1-2H3,(H,20,21,22);(H,6,7). The van der Waals surface area contributed by atoms with Gasteiger partial charge in [0.25, 0.3) is 0 Å². The van der Waals surface area contributed by atoms with Gasteiger partial charge in [0.1, 0.15) is 11.9 Å². The Labute approximate surface area is 181 Å². The van der Waals surface area contributed by atoms with Crippen LogP contribution in [0.1, 0.15) is 25.2 Å². The highest BCUT2D eigenvalue weighted by Crippen LogP contribution is 2.17. The zero-order valence-electron chi connectivity index (χ0n) is 16.5. The lowest BCUT2D eigenvalue weighted by atomic mass is 10.1. The van der Waals surface area contributed by atoms with Crippen molar-refractivity contribution in [3.05, 3.63) is 52.9 Å². The summed E-state index contributed by atoms with van der Waals surface area (Å²) in [5.74, 6) is -2.19. The third-order valence-corrected chi connectivity index (χ3v) is 3.76. The van der Waals surface area contributed by atoms with E-state index >= 15 is 0 Å². The summed E-state index contributed by atoms with van der Waals surface area (Å²) in [6.07, 6.45) is -3.43. The number of anilines is 1. The van der Waals surface area contributed by atoms with E-state index in [1.54, 1.807) is 12.1 Å². The number of hydrogen-bond donors (Lipinski definition) is 2. The van der Waals surface area contributed by atoms with Gasteiger partial charge in [0.2, 0.25) is 11.7 Å². The number of carboxylic acids is 1. The molecule has 1 aromatic carbocycles. The van der Waals surface area contributed by atoms with Gasteiger partial charge in [-0.05, 0) is 17.5 Å². The van der Waals surface area contributed by atoms with Gasteiger partial charge in [0.15, 0.2) is 0 Å². The van der Waals surface area contributed by atoms with Crippen molar-refractivity contribution in [2.75, 3.05) is 12.0 Å². The van der Waals surface area contributed by atoms with E-state index in [-0.39, 0.29) is 24.1 Å². The van der Waals surface area contributed by atoms with Crippen LogP contribution >= 0.6 is 11.6 Å². The highest BCUT2D eigenvalue weighted by Gasteiger charge is 2.38. The van der Waals surface area contributed by atoms with E-state index in [2.05, 4.69) is 15.4 Å². The molecule has 1 amide bonds. The van der Waals surface area contributed by atoms with Crippen molar-refractivity contribution in [1.82, 2.24) is 15.0 Å². The third kappa shape index (κ3) is 9.31. The second kappa shape index (κ2) is 11.7. The van der Waals surface area contributed by atoms with E-state index in [0.29, 0.717) is 17.4 Å². The first-order valence-electron chi connectivity index (χ1n) is 8.77. The van der Waals surface area contributed by atoms with Gasteiger partial charge in [0.05, 0.1) is 6.42 Å². The number of nitrogens with one attached hydrogen (secondary N) is 1. The first-order chi connectivity index (χ1) is 14.4. The molecule has 1 heterocycles. The van der Waals surface area contributed by atoms with Gasteiger partial charge in [-0.15, -0.1) is 0 Å². The molecule has 0 aliphatic carbocycles. The second-order valence-corrected chi connectivity index (χ2v) is 6.87. The molecule has 0 atom stereocenters. The smallest absolute Gasteiger partial charge is 0.475 e. The number of amides is 1. The molecule has 2 aromatic rings. The molecule has 0 spiro atoms. The molecule has 12 heteroatoms. The number of halogens is 4. The first kappa shape index (κ1) is 25.6. The minimum atomic E-state index is -5.08. The van der Waals surface area contributed by atoms with Gasteiger partial charge in [-0.2, -0.15) is 18.4 Å². The molecule has 31 heavy (non-hydrogen) atoms. The summed E-state index contributed by atoms with van der Waals surface area (Å²) in [5, 5.41) is 18.1. The second-order valence-electron chi connectivity index (χ2n) is 6.46. The minimum absolute atomic E-state index is 0.0445. The van der Waals surface area contributed by atoms with Crippen LogP contribution in [-0.2, 0) is 16.0 Å². The van der Waals surface area contributed by atoms with Crippen molar-refractivity contribution in [2.24, 2.45) is 5.92 Å². The van der Waals surface area contributed by atoms with Crippen LogP contribution < -0.4 is 5.43 Å². The average Bonchev–Trinajstić information content (AvgIpc) is 2.68. The summed E-state index contributed by atoms with van der Waals surface area (Å²) in [6.45, 7) is 4.52. The maximum Gasteiger partial charge on any atom is 0.490 e. The normalized spacial score (nSPS) is 10.5. The minimum Gasteiger partial charge on any atom is -0.475 e. The molecule has 1 aromatic heterocycles. The number of aliphatic carboxylic acids is 1. The number of carbonyl (C=O) groups is 2. The summed E-state index contributed by atoms with van der Waals surface area (Å²) in [4.78, 5) is 29.4. The molecule has 0 saturated heterocycles. The number of carboxylic acid groups (broad SMARTS) is 1. The summed E-state index contributed by atoms with van der Waals surface area (Å²) >= 11 is 6.13. The molecule has 0 unspecified atom stereocenters. The van der Waals surface area contributed by atoms with Crippen molar-refractivity contribution < 1.29 is 27.9 Å². The first-order valence-corrected chi connectivity index (χ1v) is 9.15. The highest BCUT2D eigenvalue weighted by atomic mass is 35.5. The molecule has 166 valence electrons. The molecule has 2 N–H and O–H groups in total. The van der Waals surface area contributed by atoms with Gasteiger partial charge in [-0.3, -0.25) is 15.2 Å². The molecule has 0 saturated carbocycles. The van der Waals surface area contributed by atoms with E-state index in [1.165, 1.54) is 11.2 Å². The van der Waals surface area contributed by atoms with Crippen molar-refractivity contribution in [2.45, 2.75) is 26.4 Å². The van der Waals surface area contributed by atoms with Crippen LogP contribution in [0, 0.1) is 17.2 Å².